The second-order valence-electron chi connectivity index (χ2n) is 7.81. The van der Waals surface area contributed by atoms with Gasteiger partial charge < -0.3 is 19.7 Å². The molecule has 0 radical (unpaired) electrons. The number of carbonyl (C=O) groups excluding carboxylic acids is 1. The molecule has 3 aromatic carbocycles. The van der Waals surface area contributed by atoms with Gasteiger partial charge in [0.1, 0.15) is 17.0 Å². The molecule has 0 spiro atoms. The van der Waals surface area contributed by atoms with Crippen LogP contribution in [0.3, 0.4) is 0 Å². The van der Waals surface area contributed by atoms with Crippen LogP contribution in [0, 0.1) is 6.92 Å². The Morgan fingerprint density at radius 1 is 1.08 bits per heavy atom. The maximum Gasteiger partial charge on any atom is 0.336 e. The fourth-order valence-electron chi connectivity index (χ4n) is 3.46. The van der Waals surface area contributed by atoms with E-state index in [0.29, 0.717) is 38.3 Å². The molecule has 9 heteroatoms. The maximum atomic E-state index is 12.3. The summed E-state index contributed by atoms with van der Waals surface area (Å²) < 4.78 is 10.7. The largest absolute Gasteiger partial charge is 0.484 e. The molecule has 1 amide bonds. The van der Waals surface area contributed by atoms with Crippen molar-refractivity contribution in [1.82, 2.24) is 0 Å². The van der Waals surface area contributed by atoms with Gasteiger partial charge in [0.15, 0.2) is 6.61 Å². The number of hydrogen-bond donors (Lipinski definition) is 2. The molecule has 36 heavy (non-hydrogen) atoms. The summed E-state index contributed by atoms with van der Waals surface area (Å²) in [7, 11) is 0. The van der Waals surface area contributed by atoms with Gasteiger partial charge in [0, 0.05) is 38.8 Å². The Morgan fingerprint density at radius 3 is 2.58 bits per heavy atom. The molecule has 0 unspecified atom stereocenters. The Bertz CT molecular complexity index is 1540. The van der Waals surface area contributed by atoms with Crippen LogP contribution in [0.1, 0.15) is 16.7 Å². The summed E-state index contributed by atoms with van der Waals surface area (Å²) in [5.74, 6) is 0.0278. The quantitative estimate of drug-likeness (QED) is 0.128. The lowest BCUT2D eigenvalue weighted by Gasteiger charge is -2.09. The number of anilines is 1. The average molecular weight is 523 g/mol. The number of ether oxygens (including phenoxy) is 1. The first-order valence-corrected chi connectivity index (χ1v) is 11.5. The third-order valence-corrected chi connectivity index (χ3v) is 5.81. The molecule has 0 atom stereocenters. The lowest BCUT2D eigenvalue weighted by molar-refractivity contribution is -0.118. The van der Waals surface area contributed by atoms with Crippen molar-refractivity contribution in [3.05, 3.63) is 110 Å². The summed E-state index contributed by atoms with van der Waals surface area (Å²) in [6.07, 6.45) is 3.32. The van der Waals surface area contributed by atoms with Crippen molar-refractivity contribution in [3.63, 3.8) is 0 Å². The van der Waals surface area contributed by atoms with Gasteiger partial charge in [-0.1, -0.05) is 52.6 Å². The van der Waals surface area contributed by atoms with E-state index in [-0.39, 0.29) is 12.5 Å². The fourth-order valence-corrected chi connectivity index (χ4v) is 3.93. The summed E-state index contributed by atoms with van der Waals surface area (Å²) in [6.45, 7) is 1.58. The van der Waals surface area contributed by atoms with Gasteiger partial charge in [-0.2, -0.15) is 0 Å². The minimum absolute atomic E-state index is 0.239. The number of oxime groups is 1. The van der Waals surface area contributed by atoms with E-state index in [9.17, 15) is 14.8 Å². The van der Waals surface area contributed by atoms with Crippen molar-refractivity contribution < 1.29 is 19.2 Å². The van der Waals surface area contributed by atoms with E-state index >= 15 is 0 Å². The van der Waals surface area contributed by atoms with Crippen LogP contribution < -0.4 is 15.7 Å². The minimum atomic E-state index is -0.447. The van der Waals surface area contributed by atoms with Gasteiger partial charge in [0.05, 0.1) is 0 Å². The van der Waals surface area contributed by atoms with E-state index in [1.165, 1.54) is 6.07 Å². The van der Waals surface area contributed by atoms with Crippen molar-refractivity contribution in [1.29, 1.82) is 0 Å². The number of rotatable bonds is 7. The highest BCUT2D eigenvalue weighted by Crippen LogP contribution is 2.23. The number of allylic oxidation sites excluding steroid dienone is 1. The van der Waals surface area contributed by atoms with Gasteiger partial charge in [-0.25, -0.2) is 4.79 Å². The van der Waals surface area contributed by atoms with Gasteiger partial charge >= 0.3 is 5.63 Å². The van der Waals surface area contributed by atoms with Crippen LogP contribution in [0.2, 0.25) is 10.0 Å². The van der Waals surface area contributed by atoms with Gasteiger partial charge in [-0.3, -0.25) is 4.79 Å². The number of benzene rings is 3. The number of halogens is 2. The van der Waals surface area contributed by atoms with Crippen LogP contribution in [-0.4, -0.2) is 23.4 Å². The molecular weight excluding hydrogens is 503 g/mol. The predicted octanol–water partition coefficient (Wildman–Crippen LogP) is 6.32. The van der Waals surface area contributed by atoms with Crippen molar-refractivity contribution in [2.24, 2.45) is 5.16 Å². The van der Waals surface area contributed by atoms with E-state index in [1.54, 1.807) is 72.8 Å². The Labute approximate surface area is 216 Å². The molecule has 1 heterocycles. The monoisotopic (exact) mass is 522 g/mol. The van der Waals surface area contributed by atoms with Crippen molar-refractivity contribution in [2.75, 3.05) is 11.9 Å². The van der Waals surface area contributed by atoms with Gasteiger partial charge in [0.25, 0.3) is 5.91 Å². The zero-order valence-corrected chi connectivity index (χ0v) is 20.5. The second kappa shape index (κ2) is 11.1. The highest BCUT2D eigenvalue weighted by molar-refractivity contribution is 6.35. The molecular formula is C27H20Cl2N2O5. The van der Waals surface area contributed by atoms with Crippen molar-refractivity contribution >= 4 is 57.6 Å². The SMILES string of the molecule is Cc1cc(=O)oc2cc(OCC(=O)Nc3ccc(C(C=Cc4ccc(Cl)cc4Cl)=NO)cc3)ccc12. The molecule has 7 nitrogen and oxygen atoms in total. The first kappa shape index (κ1) is 25.0. The molecule has 2 N–H and O–H groups in total. The van der Waals surface area contributed by atoms with Crippen molar-refractivity contribution in [2.45, 2.75) is 6.92 Å². The predicted molar refractivity (Wildman–Crippen MR) is 142 cm³/mol. The highest BCUT2D eigenvalue weighted by Gasteiger charge is 2.08. The number of carbonyl (C=O) groups is 1. The van der Waals surface area contributed by atoms with Crippen LogP contribution >= 0.6 is 23.2 Å². The van der Waals surface area contributed by atoms with Crippen LogP contribution in [0.4, 0.5) is 5.69 Å². The molecule has 0 aliphatic heterocycles. The number of nitrogens with one attached hydrogen (secondary N) is 1. The Hall–Kier alpha value is -4.07. The number of amides is 1. The summed E-state index contributed by atoms with van der Waals surface area (Å²) in [6, 6.07) is 18.3. The van der Waals surface area contributed by atoms with Gasteiger partial charge in [-0.05, 0) is 60.5 Å². The number of aryl methyl sites for hydroxylation is 1. The number of hydrogen-bond acceptors (Lipinski definition) is 6. The summed E-state index contributed by atoms with van der Waals surface area (Å²) in [5, 5.41) is 17.3. The summed E-state index contributed by atoms with van der Waals surface area (Å²) in [5.41, 5.74) is 2.93. The van der Waals surface area contributed by atoms with Crippen molar-refractivity contribution in [3.8, 4) is 5.75 Å². The smallest absolute Gasteiger partial charge is 0.336 e. The van der Waals surface area contributed by atoms with E-state index in [2.05, 4.69) is 10.5 Å². The lowest BCUT2D eigenvalue weighted by Crippen LogP contribution is -2.20. The molecule has 0 aliphatic carbocycles. The van der Waals surface area contributed by atoms with E-state index in [4.69, 9.17) is 32.4 Å². The normalized spacial score (nSPS) is 11.7. The average Bonchev–Trinajstić information content (AvgIpc) is 2.85. The van der Waals surface area contributed by atoms with Crippen LogP contribution in [0.15, 0.2) is 87.2 Å². The third-order valence-electron chi connectivity index (χ3n) is 5.25. The number of fused-ring (bicyclic) bond motifs is 1. The molecule has 1 aromatic heterocycles. The molecule has 0 bridgehead atoms. The summed E-state index contributed by atoms with van der Waals surface area (Å²) >= 11 is 12.1. The Kier molecular flexibility index (Phi) is 7.73. The molecule has 4 rings (SSSR count). The zero-order valence-electron chi connectivity index (χ0n) is 19.0. The fraction of sp³-hybridized carbons (Fsp3) is 0.0741. The van der Waals surface area contributed by atoms with Crippen LogP contribution in [-0.2, 0) is 4.79 Å². The molecule has 0 saturated carbocycles. The standard InChI is InChI=1S/C27H20Cl2N2O5/c1-16-12-27(33)36-25-14-21(9-10-22(16)25)35-15-26(32)30-20-7-3-18(4-8-20)24(31-34)11-5-17-2-6-19(28)13-23(17)29/h2-14,34H,15H2,1H3,(H,30,32). The first-order chi connectivity index (χ1) is 17.3. The summed E-state index contributed by atoms with van der Waals surface area (Å²) in [4.78, 5) is 23.9. The first-order valence-electron chi connectivity index (χ1n) is 10.7. The Morgan fingerprint density at radius 2 is 1.86 bits per heavy atom. The molecule has 0 aliphatic rings. The van der Waals surface area contributed by atoms with E-state index in [0.717, 1.165) is 16.5 Å². The topological polar surface area (TPSA) is 101 Å². The molecule has 0 fully saturated rings. The van der Waals surface area contributed by atoms with E-state index < -0.39 is 5.63 Å². The number of nitrogens with zero attached hydrogens (tertiary/aromatic N) is 1. The highest BCUT2D eigenvalue weighted by atomic mass is 35.5. The molecule has 182 valence electrons. The zero-order chi connectivity index (χ0) is 25.7. The van der Waals surface area contributed by atoms with Crippen LogP contribution in [0.5, 0.6) is 5.75 Å². The lowest BCUT2D eigenvalue weighted by atomic mass is 10.1. The van der Waals surface area contributed by atoms with Gasteiger partial charge in [0.2, 0.25) is 0 Å². The second-order valence-corrected chi connectivity index (χ2v) is 8.65. The Balaban J connectivity index is 1.37. The molecule has 4 aromatic rings. The maximum absolute atomic E-state index is 12.3. The van der Waals surface area contributed by atoms with E-state index in [1.807, 2.05) is 6.92 Å². The minimum Gasteiger partial charge on any atom is -0.484 e. The van der Waals surface area contributed by atoms with Gasteiger partial charge in [-0.15, -0.1) is 0 Å². The third kappa shape index (κ3) is 6.13. The molecule has 0 saturated heterocycles. The van der Waals surface area contributed by atoms with Crippen LogP contribution in [0.25, 0.3) is 17.0 Å².